The standard InChI is InChI=1S/C28H26N4O4S2/c1-5-35-27(34)24-17(2)30-28-32(25(24)18-9-11-19(12-10-18)31(3)4)26(33)21(37-28)16-20-13-14-23(36-20)38-22-8-6-7-15-29-22/h6-16,25H,5H2,1-4H3/b21-16-/t25-/m0/s1. The van der Waals surface area contributed by atoms with E-state index in [1.54, 1.807) is 30.7 Å². The Kier molecular flexibility index (Phi) is 7.35. The number of pyridine rings is 1. The second-order valence-electron chi connectivity index (χ2n) is 8.72. The highest BCUT2D eigenvalue weighted by atomic mass is 32.2. The molecule has 1 aromatic carbocycles. The first-order valence-electron chi connectivity index (χ1n) is 12.0. The summed E-state index contributed by atoms with van der Waals surface area (Å²) in [5.41, 5.74) is 2.45. The average Bonchev–Trinajstić information content (AvgIpc) is 3.47. The van der Waals surface area contributed by atoms with Crippen molar-refractivity contribution < 1.29 is 13.9 Å². The maximum absolute atomic E-state index is 13.7. The molecule has 3 aromatic heterocycles. The van der Waals surface area contributed by atoms with Crippen molar-refractivity contribution in [3.63, 3.8) is 0 Å². The van der Waals surface area contributed by atoms with E-state index in [-0.39, 0.29) is 12.2 Å². The maximum Gasteiger partial charge on any atom is 0.338 e. The van der Waals surface area contributed by atoms with Crippen LogP contribution in [0.5, 0.6) is 0 Å². The zero-order valence-electron chi connectivity index (χ0n) is 21.4. The van der Waals surface area contributed by atoms with E-state index in [0.29, 0.717) is 31.5 Å². The van der Waals surface area contributed by atoms with Crippen molar-refractivity contribution in [3.05, 3.63) is 103 Å². The van der Waals surface area contributed by atoms with Crippen molar-refractivity contribution in [2.45, 2.75) is 30.0 Å². The molecule has 1 aliphatic rings. The Balaban J connectivity index is 1.58. The minimum absolute atomic E-state index is 0.226. The predicted molar refractivity (Wildman–Crippen MR) is 148 cm³/mol. The molecule has 0 amide bonds. The van der Waals surface area contributed by atoms with Gasteiger partial charge in [-0.25, -0.2) is 14.8 Å². The summed E-state index contributed by atoms with van der Waals surface area (Å²) in [7, 11) is 3.92. The highest BCUT2D eigenvalue weighted by Gasteiger charge is 2.33. The van der Waals surface area contributed by atoms with Gasteiger partial charge in [0.25, 0.3) is 5.56 Å². The van der Waals surface area contributed by atoms with Crippen LogP contribution in [-0.4, -0.2) is 36.2 Å². The van der Waals surface area contributed by atoms with Crippen molar-refractivity contribution in [2.75, 3.05) is 25.6 Å². The minimum atomic E-state index is -0.657. The van der Waals surface area contributed by atoms with Gasteiger partial charge < -0.3 is 14.1 Å². The topological polar surface area (TPSA) is 89.9 Å². The highest BCUT2D eigenvalue weighted by molar-refractivity contribution is 7.99. The molecule has 4 heterocycles. The smallest absolute Gasteiger partial charge is 0.338 e. The van der Waals surface area contributed by atoms with Gasteiger partial charge in [-0.3, -0.25) is 9.36 Å². The van der Waals surface area contributed by atoms with Crippen molar-refractivity contribution in [2.24, 2.45) is 4.99 Å². The first-order chi connectivity index (χ1) is 18.4. The summed E-state index contributed by atoms with van der Waals surface area (Å²) in [5.74, 6) is 0.0637. The number of fused-ring (bicyclic) bond motifs is 1. The molecular weight excluding hydrogens is 520 g/mol. The molecule has 1 aliphatic heterocycles. The fourth-order valence-electron chi connectivity index (χ4n) is 4.17. The molecule has 0 fully saturated rings. The van der Waals surface area contributed by atoms with Gasteiger partial charge in [-0.1, -0.05) is 29.5 Å². The molecule has 194 valence electrons. The van der Waals surface area contributed by atoms with Crippen LogP contribution in [0.4, 0.5) is 5.69 Å². The van der Waals surface area contributed by atoms with Gasteiger partial charge in [0, 0.05) is 32.1 Å². The van der Waals surface area contributed by atoms with Crippen LogP contribution in [0.2, 0.25) is 0 Å². The highest BCUT2D eigenvalue weighted by Crippen LogP contribution is 2.32. The first-order valence-corrected chi connectivity index (χ1v) is 13.6. The molecule has 0 saturated carbocycles. The molecular formula is C28H26N4O4S2. The van der Waals surface area contributed by atoms with E-state index >= 15 is 0 Å². The van der Waals surface area contributed by atoms with Crippen LogP contribution in [0.1, 0.15) is 31.2 Å². The third-order valence-corrected chi connectivity index (χ3v) is 7.81. The average molecular weight is 547 g/mol. The number of esters is 1. The van der Waals surface area contributed by atoms with Crippen molar-refractivity contribution in [3.8, 4) is 0 Å². The van der Waals surface area contributed by atoms with E-state index in [1.165, 1.54) is 23.1 Å². The number of carbonyl (C=O) groups is 1. The van der Waals surface area contributed by atoms with Crippen molar-refractivity contribution in [1.29, 1.82) is 0 Å². The second kappa shape index (κ2) is 10.8. The number of hydrogen-bond donors (Lipinski definition) is 0. The lowest BCUT2D eigenvalue weighted by Crippen LogP contribution is -2.39. The number of allylic oxidation sites excluding steroid dienone is 1. The maximum atomic E-state index is 13.7. The van der Waals surface area contributed by atoms with Gasteiger partial charge in [0.15, 0.2) is 9.89 Å². The molecule has 0 N–H and O–H groups in total. The Morgan fingerprint density at radius 2 is 1.97 bits per heavy atom. The minimum Gasteiger partial charge on any atom is -0.463 e. The van der Waals surface area contributed by atoms with Gasteiger partial charge in [-0.15, -0.1) is 0 Å². The van der Waals surface area contributed by atoms with E-state index in [2.05, 4.69) is 9.98 Å². The van der Waals surface area contributed by atoms with Gasteiger partial charge >= 0.3 is 5.97 Å². The molecule has 0 bridgehead atoms. The normalized spacial score (nSPS) is 15.3. The van der Waals surface area contributed by atoms with Crippen LogP contribution in [-0.2, 0) is 9.53 Å². The molecule has 10 heteroatoms. The third-order valence-electron chi connectivity index (χ3n) is 5.96. The molecule has 4 aromatic rings. The molecule has 0 aliphatic carbocycles. The quantitative estimate of drug-likeness (QED) is 0.324. The molecule has 1 atom stereocenters. The number of anilines is 1. The lowest BCUT2D eigenvalue weighted by atomic mass is 9.95. The third kappa shape index (κ3) is 5.09. The number of carbonyl (C=O) groups excluding carboxylic acids is 1. The summed E-state index contributed by atoms with van der Waals surface area (Å²) in [6.07, 6.45) is 3.44. The summed E-state index contributed by atoms with van der Waals surface area (Å²) in [5, 5.41) is 1.48. The van der Waals surface area contributed by atoms with E-state index in [9.17, 15) is 9.59 Å². The fourth-order valence-corrected chi connectivity index (χ4v) is 5.94. The molecule has 38 heavy (non-hydrogen) atoms. The summed E-state index contributed by atoms with van der Waals surface area (Å²) in [4.78, 5) is 38.2. The predicted octanol–water partition coefficient (Wildman–Crippen LogP) is 4.00. The molecule has 0 unspecified atom stereocenters. The number of nitrogens with zero attached hydrogens (tertiary/aromatic N) is 4. The molecule has 0 saturated heterocycles. The lowest BCUT2D eigenvalue weighted by molar-refractivity contribution is -0.139. The summed E-state index contributed by atoms with van der Waals surface area (Å²) < 4.78 is 13.3. The Hall–Kier alpha value is -3.89. The van der Waals surface area contributed by atoms with Gasteiger partial charge in [0.1, 0.15) is 10.8 Å². The zero-order valence-corrected chi connectivity index (χ0v) is 23.0. The molecule has 0 radical (unpaired) electrons. The van der Waals surface area contributed by atoms with Crippen molar-refractivity contribution in [1.82, 2.24) is 9.55 Å². The summed E-state index contributed by atoms with van der Waals surface area (Å²) >= 11 is 2.66. The Labute approximate surface area is 227 Å². The Morgan fingerprint density at radius 3 is 2.66 bits per heavy atom. The number of thiazole rings is 1. The van der Waals surface area contributed by atoms with E-state index in [4.69, 9.17) is 9.15 Å². The lowest BCUT2D eigenvalue weighted by Gasteiger charge is -2.25. The van der Waals surface area contributed by atoms with Gasteiger partial charge in [-0.2, -0.15) is 0 Å². The largest absolute Gasteiger partial charge is 0.463 e. The monoisotopic (exact) mass is 546 g/mol. The summed E-state index contributed by atoms with van der Waals surface area (Å²) in [6.45, 7) is 3.76. The SMILES string of the molecule is CCOC(=O)C1=C(C)N=c2s/c(=C\c3ccc(Sc4ccccn4)o3)c(=O)n2[C@H]1c1ccc(N(C)C)cc1. The zero-order chi connectivity index (χ0) is 26.8. The second-order valence-corrected chi connectivity index (χ2v) is 10.7. The van der Waals surface area contributed by atoms with Crippen LogP contribution in [0, 0.1) is 0 Å². The number of furan rings is 1. The Bertz CT molecular complexity index is 1680. The van der Waals surface area contributed by atoms with Crippen LogP contribution in [0.3, 0.4) is 0 Å². The van der Waals surface area contributed by atoms with Crippen LogP contribution in [0.15, 0.2) is 96.4 Å². The number of ether oxygens (including phenoxy) is 1. The first kappa shape index (κ1) is 25.7. The fraction of sp³-hybridized carbons (Fsp3) is 0.214. The number of rotatable bonds is 7. The number of hydrogen-bond acceptors (Lipinski definition) is 9. The van der Waals surface area contributed by atoms with E-state index < -0.39 is 12.0 Å². The number of benzene rings is 1. The number of aromatic nitrogens is 2. The van der Waals surface area contributed by atoms with Gasteiger partial charge in [-0.05, 0) is 67.6 Å². The Morgan fingerprint density at radius 1 is 1.18 bits per heavy atom. The van der Waals surface area contributed by atoms with Gasteiger partial charge in [0.2, 0.25) is 0 Å². The van der Waals surface area contributed by atoms with Crippen LogP contribution in [0.25, 0.3) is 6.08 Å². The molecule has 5 rings (SSSR count). The van der Waals surface area contributed by atoms with Crippen LogP contribution >= 0.6 is 23.1 Å². The molecule has 0 spiro atoms. The molecule has 8 nitrogen and oxygen atoms in total. The van der Waals surface area contributed by atoms with Gasteiger partial charge in [0.05, 0.1) is 28.5 Å². The van der Waals surface area contributed by atoms with Crippen LogP contribution < -0.4 is 19.8 Å². The summed E-state index contributed by atoms with van der Waals surface area (Å²) in [6, 6.07) is 16.5. The van der Waals surface area contributed by atoms with Crippen molar-refractivity contribution >= 4 is 40.8 Å². The van der Waals surface area contributed by atoms with E-state index in [1.807, 2.05) is 73.6 Å². The van der Waals surface area contributed by atoms with E-state index in [0.717, 1.165) is 16.3 Å².